The smallest absolute Gasteiger partial charge is 0.269 e. The number of anilines is 1. The Morgan fingerprint density at radius 2 is 1.62 bits per heavy atom. The first-order chi connectivity index (χ1) is 11.4. The van der Waals surface area contributed by atoms with E-state index in [0.717, 1.165) is 0 Å². The molecule has 0 aromatic heterocycles. The second-order valence-corrected chi connectivity index (χ2v) is 5.78. The third-order valence-corrected chi connectivity index (χ3v) is 3.57. The predicted molar refractivity (Wildman–Crippen MR) is 92.3 cm³/mol. The second-order valence-electron chi connectivity index (χ2n) is 5.78. The van der Waals surface area contributed by atoms with Crippen LogP contribution in [0.3, 0.4) is 0 Å². The van der Waals surface area contributed by atoms with Crippen LogP contribution in [-0.4, -0.2) is 16.9 Å². The molecule has 0 heterocycles. The first kappa shape index (κ1) is 17.5. The number of nitrogens with zero attached hydrogens (tertiary/aromatic N) is 1. The predicted octanol–water partition coefficient (Wildman–Crippen LogP) is 4.12. The average molecular weight is 328 g/mol. The summed E-state index contributed by atoms with van der Waals surface area (Å²) in [6.45, 7) is 5.86. The van der Waals surface area contributed by atoms with Gasteiger partial charge in [-0.15, -0.1) is 0 Å². The molecule has 0 spiro atoms. The molecule has 1 atom stereocenters. The lowest BCUT2D eigenvalue weighted by atomic mass is 10.0. The molecule has 0 unspecified atom stereocenters. The maximum Gasteiger partial charge on any atom is 0.269 e. The highest BCUT2D eigenvalue weighted by Gasteiger charge is 2.15. The van der Waals surface area contributed by atoms with Crippen LogP contribution in [0.5, 0.6) is 5.75 Å². The maximum absolute atomic E-state index is 12.1. The van der Waals surface area contributed by atoms with Gasteiger partial charge in [0.25, 0.3) is 11.6 Å². The fraction of sp³-hybridized carbons (Fsp3) is 0.278. The van der Waals surface area contributed by atoms with Crippen LogP contribution in [0.4, 0.5) is 11.4 Å². The van der Waals surface area contributed by atoms with Crippen LogP contribution in [-0.2, 0) is 4.79 Å². The number of nitrogens with one attached hydrogen (secondary N) is 1. The Hall–Kier alpha value is -2.89. The summed E-state index contributed by atoms with van der Waals surface area (Å²) in [7, 11) is 0. The van der Waals surface area contributed by atoms with Crippen molar-refractivity contribution < 1.29 is 14.5 Å². The second kappa shape index (κ2) is 7.59. The minimum atomic E-state index is -0.690. The first-order valence-corrected chi connectivity index (χ1v) is 7.68. The van der Waals surface area contributed by atoms with Crippen molar-refractivity contribution in [3.8, 4) is 5.75 Å². The van der Waals surface area contributed by atoms with E-state index in [1.165, 1.54) is 29.8 Å². The van der Waals surface area contributed by atoms with Crippen LogP contribution in [0.2, 0.25) is 0 Å². The van der Waals surface area contributed by atoms with Gasteiger partial charge >= 0.3 is 0 Å². The highest BCUT2D eigenvalue weighted by atomic mass is 16.6. The molecule has 0 aliphatic carbocycles. The van der Waals surface area contributed by atoms with E-state index >= 15 is 0 Å². The van der Waals surface area contributed by atoms with Gasteiger partial charge in [-0.2, -0.15) is 0 Å². The molecule has 1 N–H and O–H groups in total. The topological polar surface area (TPSA) is 81.5 Å². The third kappa shape index (κ3) is 4.55. The Labute approximate surface area is 140 Å². The molecule has 2 aromatic rings. The molecule has 0 bridgehead atoms. The number of carbonyl (C=O) groups is 1. The number of nitro groups is 1. The standard InChI is InChI=1S/C18H20N2O4/c1-12(2)14-4-10-17(11-5-14)24-13(3)18(21)19-15-6-8-16(9-7-15)20(22)23/h4-13H,1-3H3,(H,19,21)/t13-/m0/s1. The Morgan fingerprint density at radius 1 is 1.04 bits per heavy atom. The number of nitro benzene ring substituents is 1. The van der Waals surface area contributed by atoms with Crippen molar-refractivity contribution in [1.82, 2.24) is 0 Å². The van der Waals surface area contributed by atoms with E-state index in [1.54, 1.807) is 6.92 Å². The average Bonchev–Trinajstić information content (AvgIpc) is 2.55. The monoisotopic (exact) mass is 328 g/mol. The van der Waals surface area contributed by atoms with Crippen LogP contribution in [0.25, 0.3) is 0 Å². The number of non-ortho nitro benzene ring substituents is 1. The van der Waals surface area contributed by atoms with Crippen LogP contribution in [0, 0.1) is 10.1 Å². The molecule has 0 radical (unpaired) electrons. The number of amides is 1. The van der Waals surface area contributed by atoms with E-state index in [2.05, 4.69) is 19.2 Å². The van der Waals surface area contributed by atoms with Gasteiger partial charge in [-0.1, -0.05) is 26.0 Å². The van der Waals surface area contributed by atoms with Crippen LogP contribution in [0.15, 0.2) is 48.5 Å². The summed E-state index contributed by atoms with van der Waals surface area (Å²) in [5, 5.41) is 13.3. The molecule has 0 aliphatic heterocycles. The highest BCUT2D eigenvalue weighted by molar-refractivity contribution is 5.94. The molecule has 0 saturated carbocycles. The molecular formula is C18H20N2O4. The van der Waals surface area contributed by atoms with E-state index in [0.29, 0.717) is 17.4 Å². The number of rotatable bonds is 6. The fourth-order valence-corrected chi connectivity index (χ4v) is 2.10. The summed E-state index contributed by atoms with van der Waals surface area (Å²) in [5.74, 6) is 0.726. The van der Waals surface area contributed by atoms with E-state index in [4.69, 9.17) is 4.74 Å². The molecule has 24 heavy (non-hydrogen) atoms. The lowest BCUT2D eigenvalue weighted by Crippen LogP contribution is -2.30. The highest BCUT2D eigenvalue weighted by Crippen LogP contribution is 2.20. The van der Waals surface area contributed by atoms with Crippen molar-refractivity contribution in [3.63, 3.8) is 0 Å². The van der Waals surface area contributed by atoms with Crippen LogP contribution >= 0.6 is 0 Å². The van der Waals surface area contributed by atoms with Crippen molar-refractivity contribution in [2.75, 3.05) is 5.32 Å². The lowest BCUT2D eigenvalue weighted by Gasteiger charge is -2.15. The Bertz CT molecular complexity index is 709. The summed E-state index contributed by atoms with van der Waals surface area (Å²) >= 11 is 0. The van der Waals surface area contributed by atoms with Crippen molar-refractivity contribution in [3.05, 3.63) is 64.2 Å². The van der Waals surface area contributed by atoms with E-state index < -0.39 is 11.0 Å². The number of benzene rings is 2. The summed E-state index contributed by atoms with van der Waals surface area (Å²) in [5.41, 5.74) is 1.66. The Balaban J connectivity index is 1.95. The SMILES string of the molecule is CC(C)c1ccc(O[C@@H](C)C(=O)Nc2ccc([N+](=O)[O-])cc2)cc1. The number of ether oxygens (including phenoxy) is 1. The summed E-state index contributed by atoms with van der Waals surface area (Å²) in [6, 6.07) is 13.3. The van der Waals surface area contributed by atoms with Crippen LogP contribution in [0.1, 0.15) is 32.3 Å². The zero-order valence-electron chi connectivity index (χ0n) is 13.9. The van der Waals surface area contributed by atoms with Crippen molar-refractivity contribution in [2.45, 2.75) is 32.8 Å². The zero-order valence-corrected chi connectivity index (χ0v) is 13.9. The van der Waals surface area contributed by atoms with Gasteiger partial charge in [0.05, 0.1) is 4.92 Å². The molecular weight excluding hydrogens is 308 g/mol. The molecule has 2 rings (SSSR count). The molecule has 1 amide bonds. The van der Waals surface area contributed by atoms with Gasteiger partial charge in [-0.25, -0.2) is 0 Å². The molecule has 0 fully saturated rings. The molecule has 0 saturated heterocycles. The van der Waals surface area contributed by atoms with Gasteiger partial charge < -0.3 is 10.1 Å². The van der Waals surface area contributed by atoms with Gasteiger partial charge in [0.2, 0.25) is 0 Å². The lowest BCUT2D eigenvalue weighted by molar-refractivity contribution is -0.384. The fourth-order valence-electron chi connectivity index (χ4n) is 2.10. The van der Waals surface area contributed by atoms with Crippen molar-refractivity contribution in [2.24, 2.45) is 0 Å². The zero-order chi connectivity index (χ0) is 17.7. The molecule has 6 nitrogen and oxygen atoms in total. The number of hydrogen-bond donors (Lipinski definition) is 1. The molecule has 2 aromatic carbocycles. The van der Waals surface area contributed by atoms with Gasteiger partial charge in [0, 0.05) is 17.8 Å². The van der Waals surface area contributed by atoms with Gasteiger partial charge in [-0.3, -0.25) is 14.9 Å². The number of hydrogen-bond acceptors (Lipinski definition) is 4. The largest absolute Gasteiger partial charge is 0.481 e. The van der Waals surface area contributed by atoms with Crippen molar-refractivity contribution in [1.29, 1.82) is 0 Å². The normalized spacial score (nSPS) is 11.8. The van der Waals surface area contributed by atoms with Crippen molar-refractivity contribution >= 4 is 17.3 Å². The molecule has 126 valence electrons. The van der Waals surface area contributed by atoms with Gasteiger partial charge in [0.15, 0.2) is 6.10 Å². The molecule has 6 heteroatoms. The van der Waals surface area contributed by atoms with E-state index in [-0.39, 0.29) is 11.6 Å². The maximum atomic E-state index is 12.1. The summed E-state index contributed by atoms with van der Waals surface area (Å²) in [6.07, 6.45) is -0.690. The number of carbonyl (C=O) groups excluding carboxylic acids is 1. The molecule has 0 aliphatic rings. The van der Waals surface area contributed by atoms with Crippen LogP contribution < -0.4 is 10.1 Å². The van der Waals surface area contributed by atoms with Gasteiger partial charge in [-0.05, 0) is 42.7 Å². The minimum Gasteiger partial charge on any atom is -0.481 e. The minimum absolute atomic E-state index is 0.0254. The third-order valence-electron chi connectivity index (χ3n) is 3.57. The summed E-state index contributed by atoms with van der Waals surface area (Å²) < 4.78 is 5.62. The quantitative estimate of drug-likeness (QED) is 0.638. The summed E-state index contributed by atoms with van der Waals surface area (Å²) in [4.78, 5) is 22.3. The van der Waals surface area contributed by atoms with E-state index in [1.807, 2.05) is 24.3 Å². The Kier molecular flexibility index (Phi) is 5.52. The van der Waals surface area contributed by atoms with E-state index in [9.17, 15) is 14.9 Å². The Morgan fingerprint density at radius 3 is 2.12 bits per heavy atom. The van der Waals surface area contributed by atoms with Gasteiger partial charge in [0.1, 0.15) is 5.75 Å². The first-order valence-electron chi connectivity index (χ1n) is 7.68.